The van der Waals surface area contributed by atoms with E-state index in [1.54, 1.807) is 17.7 Å². The Morgan fingerprint density at radius 3 is 1.46 bits per heavy atom. The van der Waals surface area contributed by atoms with Crippen molar-refractivity contribution < 1.29 is 48.0 Å². The first kappa shape index (κ1) is 19.6. The number of rotatable bonds is 2. The van der Waals surface area contributed by atoms with Crippen molar-refractivity contribution in [2.75, 3.05) is 0 Å². The summed E-state index contributed by atoms with van der Waals surface area (Å²) in [5, 5.41) is 0. The van der Waals surface area contributed by atoms with Crippen LogP contribution in [0.3, 0.4) is 0 Å². The average Bonchev–Trinajstić information content (AvgIpc) is 3.30. The number of hydrogen-bond donors (Lipinski definition) is 0. The fourth-order valence-corrected chi connectivity index (χ4v) is 8.41. The summed E-state index contributed by atoms with van der Waals surface area (Å²) < 4.78 is 3.54. The zero-order valence-electron chi connectivity index (χ0n) is 14.3. The molecule has 128 valence electrons. The summed E-state index contributed by atoms with van der Waals surface area (Å²) in [4.78, 5) is 0. The van der Waals surface area contributed by atoms with E-state index in [0.29, 0.717) is 0 Å². The van der Waals surface area contributed by atoms with Gasteiger partial charge in [-0.3, -0.25) is 0 Å². The zero-order valence-corrected chi connectivity index (χ0v) is 18.2. The Morgan fingerprint density at radius 2 is 1.04 bits per heavy atom. The summed E-state index contributed by atoms with van der Waals surface area (Å²) in [5.74, 6) is 0. The van der Waals surface area contributed by atoms with Gasteiger partial charge in [0.15, 0.2) is 0 Å². The van der Waals surface area contributed by atoms with Crippen LogP contribution in [0, 0.1) is 0 Å². The monoisotopic (exact) mass is 454 g/mol. The molecular formula is C23H18Cl2Zr. The van der Waals surface area contributed by atoms with Gasteiger partial charge < -0.3 is 24.8 Å². The SMILES string of the molecule is C1=CC2=[C](C1)[Zr+2][C]1=C(C=CC1)C2(c1ccccc1)c1ccccc1.[Cl-].[Cl-]. The molecule has 0 N–H and O–H groups in total. The minimum Gasteiger partial charge on any atom is -1.00 e. The minimum absolute atomic E-state index is 0. The van der Waals surface area contributed by atoms with Gasteiger partial charge in [0.1, 0.15) is 0 Å². The van der Waals surface area contributed by atoms with Crippen molar-refractivity contribution in [3.05, 3.63) is 114 Å². The van der Waals surface area contributed by atoms with Gasteiger partial charge in [0.05, 0.1) is 0 Å². The van der Waals surface area contributed by atoms with E-state index in [1.807, 2.05) is 0 Å². The molecule has 0 nitrogen and oxygen atoms in total. The van der Waals surface area contributed by atoms with Gasteiger partial charge in [-0.25, -0.2) is 0 Å². The quantitative estimate of drug-likeness (QED) is 0.572. The zero-order chi connectivity index (χ0) is 16.0. The molecule has 3 aliphatic rings. The molecule has 0 aromatic heterocycles. The maximum atomic E-state index is 2.42. The number of allylic oxidation sites excluding steroid dienone is 8. The van der Waals surface area contributed by atoms with Gasteiger partial charge in [0, 0.05) is 0 Å². The van der Waals surface area contributed by atoms with Gasteiger partial charge in [0.25, 0.3) is 0 Å². The molecule has 2 aromatic rings. The van der Waals surface area contributed by atoms with Crippen LogP contribution in [0.15, 0.2) is 103 Å². The third kappa shape index (κ3) is 2.77. The normalized spacial score (nSPS) is 18.3. The molecule has 1 heterocycles. The van der Waals surface area contributed by atoms with Crippen LogP contribution in [-0.4, -0.2) is 0 Å². The van der Waals surface area contributed by atoms with Crippen LogP contribution in [0.5, 0.6) is 0 Å². The summed E-state index contributed by atoms with van der Waals surface area (Å²) in [6, 6.07) is 22.3. The Kier molecular flexibility index (Phi) is 5.92. The van der Waals surface area contributed by atoms with Crippen LogP contribution in [0.4, 0.5) is 0 Å². The van der Waals surface area contributed by atoms with E-state index in [-0.39, 0.29) is 30.2 Å². The molecule has 0 bridgehead atoms. The van der Waals surface area contributed by atoms with E-state index in [1.165, 1.54) is 24.0 Å². The van der Waals surface area contributed by atoms with Crippen molar-refractivity contribution in [2.24, 2.45) is 0 Å². The molecule has 0 saturated heterocycles. The van der Waals surface area contributed by atoms with Crippen LogP contribution in [0.25, 0.3) is 0 Å². The van der Waals surface area contributed by atoms with Crippen LogP contribution < -0.4 is 24.8 Å². The van der Waals surface area contributed by atoms with Gasteiger partial charge in [-0.15, -0.1) is 0 Å². The molecule has 0 spiro atoms. The van der Waals surface area contributed by atoms with Crippen LogP contribution in [0.2, 0.25) is 0 Å². The number of benzene rings is 2. The third-order valence-electron chi connectivity index (χ3n) is 5.39. The molecule has 0 amide bonds. The number of hydrogen-bond acceptors (Lipinski definition) is 0. The predicted octanol–water partition coefficient (Wildman–Crippen LogP) is -0.495. The topological polar surface area (TPSA) is 0 Å². The average molecular weight is 457 g/mol. The maximum absolute atomic E-state index is 2.42. The van der Waals surface area contributed by atoms with Crippen LogP contribution in [0.1, 0.15) is 24.0 Å². The molecule has 1 aliphatic heterocycles. The summed E-state index contributed by atoms with van der Waals surface area (Å²) in [7, 11) is 0. The second kappa shape index (κ2) is 7.85. The summed E-state index contributed by atoms with van der Waals surface area (Å²) in [6.07, 6.45) is 12.0. The van der Waals surface area contributed by atoms with Gasteiger partial charge in [0.2, 0.25) is 0 Å². The van der Waals surface area contributed by atoms with Crippen molar-refractivity contribution in [3.63, 3.8) is 0 Å². The van der Waals surface area contributed by atoms with Crippen molar-refractivity contribution in [1.82, 2.24) is 0 Å². The second-order valence-corrected chi connectivity index (χ2v) is 10.2. The minimum atomic E-state index is -0.597. The summed E-state index contributed by atoms with van der Waals surface area (Å²) in [5.41, 5.74) is 5.88. The smallest absolute Gasteiger partial charge is 1.00 e. The molecule has 0 fully saturated rings. The predicted molar refractivity (Wildman–Crippen MR) is 95.2 cm³/mol. The van der Waals surface area contributed by atoms with E-state index >= 15 is 0 Å². The van der Waals surface area contributed by atoms with Crippen molar-refractivity contribution in [3.8, 4) is 0 Å². The Hall–Kier alpha value is -1.14. The first-order valence-electron chi connectivity index (χ1n) is 8.59. The van der Waals surface area contributed by atoms with E-state index < -0.39 is 23.2 Å². The molecule has 0 saturated carbocycles. The van der Waals surface area contributed by atoms with Crippen molar-refractivity contribution >= 4 is 0 Å². The number of halogens is 2. The molecule has 0 radical (unpaired) electrons. The fourth-order valence-electron chi connectivity index (χ4n) is 4.44. The third-order valence-corrected chi connectivity index (χ3v) is 9.20. The molecule has 0 unspecified atom stereocenters. The Labute approximate surface area is 179 Å². The Morgan fingerprint density at radius 1 is 0.615 bits per heavy atom. The first-order valence-corrected chi connectivity index (χ1v) is 11.0. The Balaban J connectivity index is 0.000000980. The largest absolute Gasteiger partial charge is 1.00 e. The van der Waals surface area contributed by atoms with Gasteiger partial charge >= 0.3 is 155 Å². The molecule has 0 atom stereocenters. The van der Waals surface area contributed by atoms with Gasteiger partial charge in [-0.1, -0.05) is 0 Å². The van der Waals surface area contributed by atoms with Crippen molar-refractivity contribution in [2.45, 2.75) is 18.3 Å². The molecule has 5 rings (SSSR count). The van der Waals surface area contributed by atoms with Gasteiger partial charge in [-0.2, -0.15) is 0 Å². The molecule has 2 aliphatic carbocycles. The summed E-state index contributed by atoms with van der Waals surface area (Å²) in [6.45, 7) is 0. The molecular weight excluding hydrogens is 438 g/mol. The van der Waals surface area contributed by atoms with Crippen LogP contribution in [-0.2, 0) is 28.6 Å². The maximum Gasteiger partial charge on any atom is -1.00 e. The summed E-state index contributed by atoms with van der Waals surface area (Å²) >= 11 is -0.597. The second-order valence-electron chi connectivity index (χ2n) is 6.60. The standard InChI is InChI=1S/C23H18.2ClH.Zr/c1-3-11-19(12-4-1)23(21-15-7-8-16-21,22-17-9-10-18-22)20-13-5-2-6-14-20;;;/h1-7,9,11-15,17H,8,10H2;2*1H;/q;;;+2/p-2. The first-order chi connectivity index (χ1) is 11.9. The van der Waals surface area contributed by atoms with E-state index in [2.05, 4.69) is 85.0 Å². The molecule has 3 heteroatoms. The fraction of sp³-hybridized carbons (Fsp3) is 0.130. The molecule has 2 aromatic carbocycles. The van der Waals surface area contributed by atoms with Crippen molar-refractivity contribution in [1.29, 1.82) is 0 Å². The van der Waals surface area contributed by atoms with E-state index in [0.717, 1.165) is 0 Å². The van der Waals surface area contributed by atoms with Gasteiger partial charge in [-0.05, 0) is 0 Å². The molecule has 26 heavy (non-hydrogen) atoms. The van der Waals surface area contributed by atoms with Crippen LogP contribution >= 0.6 is 0 Å². The van der Waals surface area contributed by atoms with E-state index in [4.69, 9.17) is 0 Å². The van der Waals surface area contributed by atoms with E-state index in [9.17, 15) is 0 Å². The Bertz CT molecular complexity index is 844.